The number of hydrogen-bond donors (Lipinski definition) is 1. The van der Waals surface area contributed by atoms with Gasteiger partial charge < -0.3 is 5.73 Å². The Hall–Kier alpha value is -1.45. The van der Waals surface area contributed by atoms with E-state index in [2.05, 4.69) is 13.2 Å². The lowest BCUT2D eigenvalue weighted by molar-refractivity contribution is -0.0929. The SMILES string of the molecule is C=C/C=C(N)\C=C(/CC=C)C(F)(F)F. The summed E-state index contributed by atoms with van der Waals surface area (Å²) in [5.74, 6) is 0. The van der Waals surface area contributed by atoms with Crippen LogP contribution in [0.25, 0.3) is 0 Å². The van der Waals surface area contributed by atoms with Crippen LogP contribution in [0.4, 0.5) is 13.2 Å². The van der Waals surface area contributed by atoms with Gasteiger partial charge in [-0.05, 0) is 18.6 Å². The quantitative estimate of drug-likeness (QED) is 0.551. The van der Waals surface area contributed by atoms with Gasteiger partial charge in [0.1, 0.15) is 0 Å². The normalized spacial score (nSPS) is 13.9. The van der Waals surface area contributed by atoms with E-state index in [4.69, 9.17) is 5.73 Å². The maximum atomic E-state index is 12.3. The zero-order valence-corrected chi connectivity index (χ0v) is 7.64. The monoisotopic (exact) mass is 203 g/mol. The molecule has 14 heavy (non-hydrogen) atoms. The Labute approximate surface area is 81.1 Å². The molecule has 0 saturated carbocycles. The summed E-state index contributed by atoms with van der Waals surface area (Å²) in [5, 5.41) is 0. The van der Waals surface area contributed by atoms with Crippen LogP contribution in [0.5, 0.6) is 0 Å². The number of halogens is 3. The molecule has 0 aromatic rings. The minimum absolute atomic E-state index is 0.0224. The average Bonchev–Trinajstić information content (AvgIpc) is 2.02. The van der Waals surface area contributed by atoms with Crippen LogP contribution in [-0.4, -0.2) is 6.18 Å². The summed E-state index contributed by atoms with van der Waals surface area (Å²) < 4.78 is 36.8. The molecule has 0 spiro atoms. The first-order valence-electron chi connectivity index (χ1n) is 3.88. The van der Waals surface area contributed by atoms with Crippen molar-refractivity contribution in [2.75, 3.05) is 0 Å². The fourth-order valence-electron chi connectivity index (χ4n) is 0.797. The maximum absolute atomic E-state index is 12.3. The standard InChI is InChI=1S/C10H12F3N/c1-3-5-8(10(11,12)13)7-9(14)6-4-2/h3-4,6-7H,1-2,5,14H2/b8-7+,9-6+. The number of nitrogens with two attached hydrogens (primary N) is 1. The molecule has 0 bridgehead atoms. The molecule has 0 aliphatic carbocycles. The Morgan fingerprint density at radius 3 is 2.21 bits per heavy atom. The average molecular weight is 203 g/mol. The highest BCUT2D eigenvalue weighted by Gasteiger charge is 2.32. The van der Waals surface area contributed by atoms with Crippen molar-refractivity contribution in [3.05, 3.63) is 48.7 Å². The molecule has 0 radical (unpaired) electrons. The lowest BCUT2D eigenvalue weighted by Gasteiger charge is -2.09. The molecule has 0 aromatic heterocycles. The van der Waals surface area contributed by atoms with Crippen LogP contribution in [0.3, 0.4) is 0 Å². The van der Waals surface area contributed by atoms with Crippen molar-refractivity contribution in [2.24, 2.45) is 5.73 Å². The van der Waals surface area contributed by atoms with Crippen LogP contribution in [0.1, 0.15) is 6.42 Å². The molecule has 0 heterocycles. The minimum atomic E-state index is -4.37. The van der Waals surface area contributed by atoms with Crippen molar-refractivity contribution < 1.29 is 13.2 Å². The Morgan fingerprint density at radius 1 is 1.29 bits per heavy atom. The van der Waals surface area contributed by atoms with E-state index in [1.54, 1.807) is 0 Å². The van der Waals surface area contributed by atoms with Crippen LogP contribution in [0.2, 0.25) is 0 Å². The summed E-state index contributed by atoms with van der Waals surface area (Å²) in [4.78, 5) is 0. The molecule has 0 unspecified atom stereocenters. The molecule has 1 nitrogen and oxygen atoms in total. The molecular weight excluding hydrogens is 191 g/mol. The lowest BCUT2D eigenvalue weighted by atomic mass is 10.1. The van der Waals surface area contributed by atoms with Crippen molar-refractivity contribution in [2.45, 2.75) is 12.6 Å². The summed E-state index contributed by atoms with van der Waals surface area (Å²) in [6, 6.07) is 0. The first-order chi connectivity index (χ1) is 6.41. The van der Waals surface area contributed by atoms with E-state index in [0.717, 1.165) is 6.08 Å². The van der Waals surface area contributed by atoms with Crippen molar-refractivity contribution in [1.82, 2.24) is 0 Å². The number of rotatable bonds is 4. The molecule has 0 aliphatic rings. The van der Waals surface area contributed by atoms with E-state index in [9.17, 15) is 13.2 Å². The van der Waals surface area contributed by atoms with Gasteiger partial charge in [0.15, 0.2) is 0 Å². The highest BCUT2D eigenvalue weighted by atomic mass is 19.4. The molecular formula is C10H12F3N. The summed E-state index contributed by atoms with van der Waals surface area (Å²) in [6.45, 7) is 6.58. The van der Waals surface area contributed by atoms with E-state index >= 15 is 0 Å². The fraction of sp³-hybridized carbons (Fsp3) is 0.200. The topological polar surface area (TPSA) is 26.0 Å². The first kappa shape index (κ1) is 12.6. The smallest absolute Gasteiger partial charge is 0.399 e. The molecule has 0 aliphatic heterocycles. The van der Waals surface area contributed by atoms with E-state index in [-0.39, 0.29) is 12.1 Å². The summed E-state index contributed by atoms with van der Waals surface area (Å²) in [7, 11) is 0. The third-order valence-corrected chi connectivity index (χ3v) is 1.38. The lowest BCUT2D eigenvalue weighted by Crippen LogP contribution is -2.12. The van der Waals surface area contributed by atoms with Gasteiger partial charge in [-0.3, -0.25) is 0 Å². The van der Waals surface area contributed by atoms with Gasteiger partial charge in [0.25, 0.3) is 0 Å². The third kappa shape index (κ3) is 4.54. The van der Waals surface area contributed by atoms with E-state index in [1.807, 2.05) is 0 Å². The molecule has 0 saturated heterocycles. The van der Waals surface area contributed by atoms with Crippen LogP contribution in [-0.2, 0) is 0 Å². The minimum Gasteiger partial charge on any atom is -0.399 e. The van der Waals surface area contributed by atoms with E-state index < -0.39 is 11.7 Å². The Balaban J connectivity index is 4.90. The zero-order valence-electron chi connectivity index (χ0n) is 7.64. The maximum Gasteiger partial charge on any atom is 0.413 e. The largest absolute Gasteiger partial charge is 0.413 e. The van der Waals surface area contributed by atoms with Gasteiger partial charge in [0.05, 0.1) is 0 Å². The van der Waals surface area contributed by atoms with Gasteiger partial charge in [0.2, 0.25) is 0 Å². The van der Waals surface area contributed by atoms with Crippen LogP contribution < -0.4 is 5.73 Å². The summed E-state index contributed by atoms with van der Waals surface area (Å²) in [6.07, 6.45) is 0.0649. The van der Waals surface area contributed by atoms with Gasteiger partial charge in [0, 0.05) is 11.3 Å². The predicted octanol–water partition coefficient (Wildman–Crippen LogP) is 3.08. The fourth-order valence-corrected chi connectivity index (χ4v) is 0.797. The van der Waals surface area contributed by atoms with Gasteiger partial charge >= 0.3 is 6.18 Å². The molecule has 0 amide bonds. The second kappa shape index (κ2) is 5.32. The third-order valence-electron chi connectivity index (χ3n) is 1.38. The van der Waals surface area contributed by atoms with Crippen molar-refractivity contribution in [1.29, 1.82) is 0 Å². The van der Waals surface area contributed by atoms with E-state index in [1.165, 1.54) is 18.2 Å². The molecule has 78 valence electrons. The zero-order chi connectivity index (χ0) is 11.2. The Bertz CT molecular complexity index is 272. The number of hydrogen-bond acceptors (Lipinski definition) is 1. The molecule has 0 atom stereocenters. The summed E-state index contributed by atoms with van der Waals surface area (Å²) in [5.41, 5.74) is 4.59. The van der Waals surface area contributed by atoms with Crippen molar-refractivity contribution in [3.63, 3.8) is 0 Å². The highest BCUT2D eigenvalue weighted by molar-refractivity contribution is 5.27. The van der Waals surface area contributed by atoms with E-state index in [0.29, 0.717) is 0 Å². The molecule has 0 fully saturated rings. The second-order valence-corrected chi connectivity index (χ2v) is 2.56. The molecule has 2 N–H and O–H groups in total. The van der Waals surface area contributed by atoms with Gasteiger partial charge in [-0.25, -0.2) is 0 Å². The summed E-state index contributed by atoms with van der Waals surface area (Å²) >= 11 is 0. The van der Waals surface area contributed by atoms with Crippen molar-refractivity contribution in [3.8, 4) is 0 Å². The van der Waals surface area contributed by atoms with Gasteiger partial charge in [-0.1, -0.05) is 18.7 Å². The number of alkyl halides is 3. The number of allylic oxidation sites excluding steroid dienone is 5. The Kier molecular flexibility index (Phi) is 4.77. The molecule has 0 rings (SSSR count). The van der Waals surface area contributed by atoms with Crippen LogP contribution in [0.15, 0.2) is 48.7 Å². The van der Waals surface area contributed by atoms with Gasteiger partial charge in [-0.2, -0.15) is 13.2 Å². The van der Waals surface area contributed by atoms with Crippen LogP contribution in [0, 0.1) is 0 Å². The van der Waals surface area contributed by atoms with Crippen molar-refractivity contribution >= 4 is 0 Å². The second-order valence-electron chi connectivity index (χ2n) is 2.56. The molecule has 4 heteroatoms. The highest BCUT2D eigenvalue weighted by Crippen LogP contribution is 2.28. The Morgan fingerprint density at radius 2 is 1.86 bits per heavy atom. The first-order valence-corrected chi connectivity index (χ1v) is 3.88. The molecule has 0 aromatic carbocycles. The predicted molar refractivity (Wildman–Crippen MR) is 51.4 cm³/mol. The van der Waals surface area contributed by atoms with Crippen LogP contribution >= 0.6 is 0 Å². The van der Waals surface area contributed by atoms with Gasteiger partial charge in [-0.15, -0.1) is 6.58 Å².